The first kappa shape index (κ1) is 17.2. The maximum Gasteiger partial charge on any atom is 0.303 e. The van der Waals surface area contributed by atoms with Crippen LogP contribution in [0.25, 0.3) is 0 Å². The molecule has 0 heterocycles. The molecule has 2 N–H and O–H groups in total. The van der Waals surface area contributed by atoms with Crippen molar-refractivity contribution in [2.24, 2.45) is 5.92 Å². The van der Waals surface area contributed by atoms with Gasteiger partial charge in [-0.2, -0.15) is 0 Å². The first-order valence-corrected chi connectivity index (χ1v) is 7.09. The van der Waals surface area contributed by atoms with E-state index in [2.05, 4.69) is 5.32 Å². The van der Waals surface area contributed by atoms with E-state index in [4.69, 9.17) is 16.7 Å². The molecule has 0 aliphatic heterocycles. The number of nitrogens with one attached hydrogen (secondary N) is 1. The minimum absolute atomic E-state index is 0.102. The van der Waals surface area contributed by atoms with Gasteiger partial charge in [0.05, 0.1) is 4.92 Å². The summed E-state index contributed by atoms with van der Waals surface area (Å²) in [5.41, 5.74) is 1.41. The molecular weight excluding hydrogens is 296 g/mol. The summed E-state index contributed by atoms with van der Waals surface area (Å²) < 4.78 is 0. The summed E-state index contributed by atoms with van der Waals surface area (Å²) in [4.78, 5) is 20.7. The van der Waals surface area contributed by atoms with Crippen molar-refractivity contribution in [3.05, 3.63) is 32.8 Å². The number of carboxylic acids is 1. The predicted octanol–water partition coefficient (Wildman–Crippen LogP) is 3.86. The average molecular weight is 315 g/mol. The number of aliphatic carboxylic acids is 1. The number of rotatable bonds is 8. The van der Waals surface area contributed by atoms with Crippen LogP contribution in [0.4, 0.5) is 11.4 Å². The number of carboxylic acid groups (broad SMARTS) is 1. The van der Waals surface area contributed by atoms with Gasteiger partial charge in [-0.3, -0.25) is 14.9 Å². The SMILES string of the molecule is Cc1cc([N+](=O)[O-])c(Cl)cc1NCCC(C)CCC(=O)O. The topological polar surface area (TPSA) is 92.5 Å². The zero-order valence-corrected chi connectivity index (χ0v) is 12.8. The maximum absolute atomic E-state index is 10.8. The number of nitrogens with zero attached hydrogens (tertiary/aromatic N) is 1. The third-order valence-electron chi connectivity index (χ3n) is 3.29. The largest absolute Gasteiger partial charge is 0.481 e. The molecule has 0 amide bonds. The summed E-state index contributed by atoms with van der Waals surface area (Å²) in [7, 11) is 0. The molecule has 21 heavy (non-hydrogen) atoms. The molecule has 0 spiro atoms. The molecule has 1 aromatic carbocycles. The molecule has 0 radical (unpaired) electrons. The summed E-state index contributed by atoms with van der Waals surface area (Å²) in [6.07, 6.45) is 1.63. The Morgan fingerprint density at radius 2 is 2.14 bits per heavy atom. The van der Waals surface area contributed by atoms with Crippen molar-refractivity contribution in [1.29, 1.82) is 0 Å². The zero-order chi connectivity index (χ0) is 16.0. The van der Waals surface area contributed by atoms with Gasteiger partial charge in [-0.25, -0.2) is 0 Å². The summed E-state index contributed by atoms with van der Waals surface area (Å²) in [6, 6.07) is 3.00. The van der Waals surface area contributed by atoms with Crippen LogP contribution < -0.4 is 5.32 Å². The minimum Gasteiger partial charge on any atom is -0.481 e. The number of halogens is 1. The third-order valence-corrected chi connectivity index (χ3v) is 3.60. The zero-order valence-electron chi connectivity index (χ0n) is 12.1. The molecule has 0 bridgehead atoms. The van der Waals surface area contributed by atoms with E-state index in [-0.39, 0.29) is 17.1 Å². The number of aryl methyl sites for hydroxylation is 1. The quantitative estimate of drug-likeness (QED) is 0.561. The van der Waals surface area contributed by atoms with Crippen molar-refractivity contribution < 1.29 is 14.8 Å². The lowest BCUT2D eigenvalue weighted by Gasteiger charge is -2.13. The van der Waals surface area contributed by atoms with E-state index < -0.39 is 10.9 Å². The van der Waals surface area contributed by atoms with Gasteiger partial charge in [0.25, 0.3) is 5.69 Å². The van der Waals surface area contributed by atoms with Crippen LogP contribution in [-0.2, 0) is 4.79 Å². The second-order valence-corrected chi connectivity index (χ2v) is 5.54. The molecule has 0 aliphatic rings. The molecule has 0 saturated heterocycles. The summed E-state index contributed by atoms with van der Waals surface area (Å²) in [5, 5.41) is 22.7. The Balaban J connectivity index is 2.54. The number of nitro groups is 1. The van der Waals surface area contributed by atoms with Crippen LogP contribution in [0, 0.1) is 23.0 Å². The van der Waals surface area contributed by atoms with E-state index in [1.165, 1.54) is 6.07 Å². The fraction of sp³-hybridized carbons (Fsp3) is 0.500. The van der Waals surface area contributed by atoms with Crippen LogP contribution in [0.1, 0.15) is 31.7 Å². The lowest BCUT2D eigenvalue weighted by atomic mass is 10.0. The highest BCUT2D eigenvalue weighted by Crippen LogP contribution is 2.30. The number of anilines is 1. The van der Waals surface area contributed by atoms with Gasteiger partial charge >= 0.3 is 5.97 Å². The molecular formula is C14H19ClN2O4. The Labute approximate surface area is 128 Å². The van der Waals surface area contributed by atoms with Crippen molar-refractivity contribution in [2.45, 2.75) is 33.1 Å². The smallest absolute Gasteiger partial charge is 0.303 e. The van der Waals surface area contributed by atoms with Gasteiger partial charge in [-0.15, -0.1) is 0 Å². The highest BCUT2D eigenvalue weighted by atomic mass is 35.5. The van der Waals surface area contributed by atoms with Gasteiger partial charge in [0, 0.05) is 24.7 Å². The second kappa shape index (κ2) is 7.83. The molecule has 0 fully saturated rings. The molecule has 1 unspecified atom stereocenters. The van der Waals surface area contributed by atoms with Crippen LogP contribution >= 0.6 is 11.6 Å². The van der Waals surface area contributed by atoms with Crippen molar-refractivity contribution in [1.82, 2.24) is 0 Å². The minimum atomic E-state index is -0.784. The van der Waals surface area contributed by atoms with Crippen molar-refractivity contribution in [2.75, 3.05) is 11.9 Å². The van der Waals surface area contributed by atoms with Gasteiger partial charge in [0.15, 0.2) is 0 Å². The Bertz CT molecular complexity index is 534. The Morgan fingerprint density at radius 3 is 2.71 bits per heavy atom. The van der Waals surface area contributed by atoms with Crippen molar-refractivity contribution in [3.63, 3.8) is 0 Å². The molecule has 6 nitrogen and oxygen atoms in total. The predicted molar refractivity (Wildman–Crippen MR) is 82.0 cm³/mol. The van der Waals surface area contributed by atoms with Crippen LogP contribution in [-0.4, -0.2) is 22.5 Å². The molecule has 1 aromatic rings. The highest BCUT2D eigenvalue weighted by molar-refractivity contribution is 6.33. The Morgan fingerprint density at radius 1 is 1.48 bits per heavy atom. The lowest BCUT2D eigenvalue weighted by Crippen LogP contribution is -2.09. The number of benzene rings is 1. The van der Waals surface area contributed by atoms with Gasteiger partial charge in [0.2, 0.25) is 0 Å². The summed E-state index contributed by atoms with van der Waals surface area (Å²) in [5.74, 6) is -0.491. The molecule has 7 heteroatoms. The van der Waals surface area contributed by atoms with Crippen molar-refractivity contribution in [3.8, 4) is 0 Å². The fourth-order valence-electron chi connectivity index (χ4n) is 1.96. The van der Waals surface area contributed by atoms with Gasteiger partial charge in [-0.1, -0.05) is 18.5 Å². The lowest BCUT2D eigenvalue weighted by molar-refractivity contribution is -0.384. The van der Waals surface area contributed by atoms with Crippen molar-refractivity contribution >= 4 is 28.9 Å². The standard InChI is InChI=1S/C14H19ClN2O4/c1-9(3-4-14(18)19)5-6-16-12-8-11(15)13(17(20)21)7-10(12)2/h7-9,16H,3-6H2,1-2H3,(H,18,19). The summed E-state index contributed by atoms with van der Waals surface area (Å²) in [6.45, 7) is 4.44. The molecule has 0 aromatic heterocycles. The maximum atomic E-state index is 10.8. The Hall–Kier alpha value is -1.82. The first-order chi connectivity index (χ1) is 9.81. The van der Waals surface area contributed by atoms with Gasteiger partial charge < -0.3 is 10.4 Å². The molecule has 1 atom stereocenters. The third kappa shape index (κ3) is 5.59. The van der Waals surface area contributed by atoms with Crippen LogP contribution in [0.15, 0.2) is 12.1 Å². The first-order valence-electron chi connectivity index (χ1n) is 6.71. The number of hydrogen-bond donors (Lipinski definition) is 2. The monoisotopic (exact) mass is 314 g/mol. The van der Waals surface area contributed by atoms with E-state index in [9.17, 15) is 14.9 Å². The fourth-order valence-corrected chi connectivity index (χ4v) is 2.20. The number of carbonyl (C=O) groups is 1. The van der Waals surface area contributed by atoms with E-state index in [0.717, 1.165) is 17.7 Å². The van der Waals surface area contributed by atoms with Crippen LogP contribution in [0.5, 0.6) is 0 Å². The Kier molecular flexibility index (Phi) is 6.42. The van der Waals surface area contributed by atoms with E-state index in [1.54, 1.807) is 13.0 Å². The molecule has 1 rings (SSSR count). The number of nitro benzene ring substituents is 1. The second-order valence-electron chi connectivity index (χ2n) is 5.13. The normalized spacial score (nSPS) is 12.0. The molecule has 116 valence electrons. The van der Waals surface area contributed by atoms with Gasteiger partial charge in [-0.05, 0) is 37.3 Å². The van der Waals surface area contributed by atoms with E-state index >= 15 is 0 Å². The highest BCUT2D eigenvalue weighted by Gasteiger charge is 2.15. The van der Waals surface area contributed by atoms with E-state index in [1.807, 2.05) is 6.92 Å². The molecule has 0 aliphatic carbocycles. The van der Waals surface area contributed by atoms with Crippen LogP contribution in [0.3, 0.4) is 0 Å². The van der Waals surface area contributed by atoms with Gasteiger partial charge in [0.1, 0.15) is 5.02 Å². The van der Waals surface area contributed by atoms with E-state index in [0.29, 0.717) is 18.9 Å². The number of hydrogen-bond acceptors (Lipinski definition) is 4. The molecule has 0 saturated carbocycles. The van der Waals surface area contributed by atoms with Crippen LogP contribution in [0.2, 0.25) is 5.02 Å². The summed E-state index contributed by atoms with van der Waals surface area (Å²) >= 11 is 5.88. The average Bonchev–Trinajstić information content (AvgIpc) is 2.39.